The van der Waals surface area contributed by atoms with E-state index in [1.807, 2.05) is 193 Å². The smallest absolute Gasteiger partial charge is 0.253 e. The number of benzene rings is 13. The summed E-state index contributed by atoms with van der Waals surface area (Å²) in [5.41, 5.74) is 18.0. The van der Waals surface area contributed by atoms with Crippen LogP contribution in [-0.4, -0.2) is 166 Å². The van der Waals surface area contributed by atoms with Gasteiger partial charge >= 0.3 is 0 Å². The zero-order chi connectivity index (χ0) is 105. The van der Waals surface area contributed by atoms with E-state index in [0.717, 1.165) is 195 Å². The Morgan fingerprint density at radius 1 is 0.282 bits per heavy atom. The maximum absolute atomic E-state index is 13.6. The van der Waals surface area contributed by atoms with Gasteiger partial charge in [0.05, 0.1) is 83.8 Å². The van der Waals surface area contributed by atoms with Crippen LogP contribution in [0.5, 0.6) is 0 Å². The van der Waals surface area contributed by atoms with Gasteiger partial charge in [-0.1, -0.05) is 290 Å². The SMILES string of the molecule is Cc1cc(C)c(CN2CCN(c3ccc(Cl)cc3Cl)C(c3ccc(Cl)cc3)C2)c(C)c1.Clc1ccc(C2CN(CC3CC3)CCN2c2ccc(Cl)cc2Cl)cc1.Clc1ccc(C2CN(CC3CCCCC3)CCN2c2ccc(Cl)cc2Cl)cc1.Fc1cc(F)cc(CN2CCN(c3ccc(Cl)cc3Cl)C(c3ccc(Cl)cc3)C2)c1.O=C(c1ccccc1)N1CCC(N2CCN(c3ccc(Cl)cc3Cl)C(c3ccc(Cl)cc3)C2)CC1. The summed E-state index contributed by atoms with van der Waals surface area (Å²) in [4.78, 5) is 39.3. The highest BCUT2D eigenvalue weighted by Crippen LogP contribution is 2.46. The number of nitrogens with zero attached hydrogens (tertiary/aromatic N) is 11. The molecule has 6 heterocycles. The van der Waals surface area contributed by atoms with E-state index < -0.39 is 11.6 Å². The van der Waals surface area contributed by atoms with E-state index in [9.17, 15) is 13.6 Å². The molecule has 0 N–H and O–H groups in total. The van der Waals surface area contributed by atoms with Crippen LogP contribution in [0.1, 0.15) is 154 Å². The fraction of sp³-hybridized carbons (Fsp3) is 0.342. The minimum Gasteiger partial charge on any atom is -0.361 e. The minimum atomic E-state index is -0.564. The Bertz CT molecular complexity index is 6610. The van der Waals surface area contributed by atoms with Crippen molar-refractivity contribution in [1.29, 1.82) is 0 Å². The van der Waals surface area contributed by atoms with Crippen LogP contribution in [0.3, 0.4) is 0 Å². The quantitative estimate of drug-likeness (QED) is 0.0733. The lowest BCUT2D eigenvalue weighted by atomic mass is 9.88. The van der Waals surface area contributed by atoms with Crippen molar-refractivity contribution >= 4 is 208 Å². The first-order valence-corrected chi connectivity index (χ1v) is 56.9. The van der Waals surface area contributed by atoms with Crippen molar-refractivity contribution in [3.8, 4) is 0 Å². The van der Waals surface area contributed by atoms with Crippen LogP contribution >= 0.6 is 174 Å². The lowest BCUT2D eigenvalue weighted by molar-refractivity contribution is 0.0587. The number of aryl methyl sites for hydroxylation is 3. The summed E-state index contributed by atoms with van der Waals surface area (Å²) in [6, 6.07) is 88.1. The predicted octanol–water partition coefficient (Wildman–Crippen LogP) is 34.4. The van der Waals surface area contributed by atoms with Crippen LogP contribution in [0.4, 0.5) is 37.2 Å². The molecular weight excluding hydrogens is 2180 g/mol. The van der Waals surface area contributed by atoms with Crippen LogP contribution in [-0.2, 0) is 13.1 Å². The van der Waals surface area contributed by atoms with Gasteiger partial charge in [0.2, 0.25) is 0 Å². The second kappa shape index (κ2) is 53.2. The van der Waals surface area contributed by atoms with Gasteiger partial charge in [-0.15, -0.1) is 0 Å². The van der Waals surface area contributed by atoms with E-state index in [2.05, 4.69) is 130 Å². The number of hydrogen-bond acceptors (Lipinski definition) is 11. The molecule has 149 heavy (non-hydrogen) atoms. The largest absolute Gasteiger partial charge is 0.361 e. The molecule has 782 valence electrons. The standard InChI is InChI=1S/C28H28Cl3N3O.C26H27Cl3N2.C23H19Cl3F2N2.C23H27Cl3N2.C20H21Cl3N2/c29-22-8-6-20(7-9-22)27-19-33(16-17-34(27)26-11-10-23(30)18-25(26)31)24-12-14-32(15-13-24)28(35)21-4-2-1-3-5-21;1-17-12-18(2)23(19(3)13-17)15-30-10-11-31(25-9-8-22(28)14-24(25)29)26(16-30)20-4-6-21(27)7-5-20;24-17-3-1-16(2-4-17)23-14-29(13-15-9-19(27)12-20(28)10-15)7-8-30(23)22-6-5-18(25)11-21(22)26;24-19-8-6-18(7-9-19)23-16-27(15-17-4-2-1-3-5-17)12-13-28(23)22-11-10-20(25)14-21(22)26;21-16-5-3-15(4-6-16)20-13-24(12-14-1-2-14)9-10-25(20)19-8-7-17(22)11-18(19)23/h1-11,18,24,27H,12-17,19H2;4-9,12-14,26H,10-11,15-16H2,1-3H3;1-6,9-12,23H,7-8,13-14H2;6-11,14,17,23H,1-5,12-13,15-16H2;3-8,11,14,20H,1-2,9-10,12-13H2. The predicted molar refractivity (Wildman–Crippen MR) is 627 cm³/mol. The molecule has 2 aliphatic carbocycles. The molecule has 6 aliphatic heterocycles. The van der Waals surface area contributed by atoms with Gasteiger partial charge in [0.25, 0.3) is 5.91 Å². The molecule has 5 unspecified atom stereocenters. The summed E-state index contributed by atoms with van der Waals surface area (Å²) in [7, 11) is 0. The number of carbonyl (C=O) groups excluding carboxylic acids is 1. The summed E-state index contributed by atoms with van der Waals surface area (Å²) in [5, 5.41) is 10.3. The van der Waals surface area contributed by atoms with E-state index in [1.54, 1.807) is 6.07 Å². The molecule has 13 aromatic carbocycles. The number of amides is 1. The minimum absolute atomic E-state index is 0.00639. The summed E-state index contributed by atoms with van der Waals surface area (Å²) in [6.45, 7) is 25.6. The molecular formula is C120H122Cl15F2N11O. The molecule has 0 spiro atoms. The van der Waals surface area contributed by atoms with Crippen molar-refractivity contribution in [2.45, 2.75) is 128 Å². The molecule has 0 aromatic heterocycles. The molecule has 1 amide bonds. The summed E-state index contributed by atoms with van der Waals surface area (Å²) in [5.74, 6) is 0.754. The molecule has 6 saturated heterocycles. The zero-order valence-corrected chi connectivity index (χ0v) is 94.9. The number of piperidine rings is 1. The van der Waals surface area contributed by atoms with Crippen molar-refractivity contribution in [1.82, 2.24) is 29.4 Å². The Morgan fingerprint density at radius 2 is 0.577 bits per heavy atom. The van der Waals surface area contributed by atoms with E-state index in [-0.39, 0.29) is 36.1 Å². The second-order valence-corrected chi connectivity index (χ2v) is 46.7. The van der Waals surface area contributed by atoms with Gasteiger partial charge in [-0.3, -0.25) is 29.3 Å². The van der Waals surface area contributed by atoms with Crippen LogP contribution in [0.15, 0.2) is 273 Å². The first-order valence-electron chi connectivity index (χ1n) is 51.3. The maximum atomic E-state index is 13.6. The normalized spacial score (nSPS) is 19.4. The fourth-order valence-electron chi connectivity index (χ4n) is 22.2. The first kappa shape index (κ1) is 112. The molecule has 12 nitrogen and oxygen atoms in total. The Balaban J connectivity index is 0.000000127. The van der Waals surface area contributed by atoms with Gasteiger partial charge in [-0.25, -0.2) is 8.78 Å². The summed E-state index contributed by atoms with van der Waals surface area (Å²) in [6.07, 6.45) is 11.7. The fourth-order valence-corrected chi connectivity index (χ4v) is 25.4. The number of halogens is 17. The van der Waals surface area contributed by atoms with E-state index in [0.29, 0.717) is 86.5 Å². The number of anilines is 5. The van der Waals surface area contributed by atoms with Gasteiger partial charge in [0.15, 0.2) is 0 Å². The lowest BCUT2D eigenvalue weighted by Crippen LogP contribution is -2.55. The van der Waals surface area contributed by atoms with Crippen molar-refractivity contribution < 1.29 is 13.6 Å². The van der Waals surface area contributed by atoms with Crippen molar-refractivity contribution in [2.24, 2.45) is 11.8 Å². The Morgan fingerprint density at radius 3 is 0.906 bits per heavy atom. The van der Waals surface area contributed by atoms with Gasteiger partial charge in [-0.05, 0) is 297 Å². The summed E-state index contributed by atoms with van der Waals surface area (Å²) >= 11 is 94.1. The molecule has 0 radical (unpaired) electrons. The van der Waals surface area contributed by atoms with Crippen LogP contribution in [0.25, 0.3) is 0 Å². The van der Waals surface area contributed by atoms with Crippen LogP contribution < -0.4 is 24.5 Å². The van der Waals surface area contributed by atoms with Crippen molar-refractivity contribution in [3.05, 3.63) is 421 Å². The van der Waals surface area contributed by atoms with Gasteiger partial charge < -0.3 is 29.4 Å². The van der Waals surface area contributed by atoms with Crippen molar-refractivity contribution in [3.63, 3.8) is 0 Å². The first-order chi connectivity index (χ1) is 71.9. The Kier molecular flexibility index (Phi) is 40.1. The van der Waals surface area contributed by atoms with E-state index in [1.165, 1.54) is 115 Å². The topological polar surface area (TPSA) is 52.7 Å². The van der Waals surface area contributed by atoms with Crippen LogP contribution in [0.2, 0.25) is 75.3 Å². The molecule has 21 rings (SSSR count). The number of rotatable bonds is 20. The molecule has 5 atom stereocenters. The van der Waals surface area contributed by atoms with Gasteiger partial charge in [0.1, 0.15) is 11.6 Å². The molecule has 8 aliphatic rings. The Hall–Kier alpha value is -7.66. The third-order valence-electron chi connectivity index (χ3n) is 29.9. The number of piperazine rings is 5. The third kappa shape index (κ3) is 30.4. The van der Waals surface area contributed by atoms with E-state index >= 15 is 0 Å². The second-order valence-electron chi connectivity index (χ2n) is 40.3. The molecule has 0 bridgehead atoms. The van der Waals surface area contributed by atoms with E-state index in [4.69, 9.17) is 174 Å². The maximum Gasteiger partial charge on any atom is 0.253 e. The summed E-state index contributed by atoms with van der Waals surface area (Å²) < 4.78 is 27.2. The number of hydrogen-bond donors (Lipinski definition) is 0. The molecule has 2 saturated carbocycles. The number of likely N-dealkylation sites (tertiary alicyclic amines) is 1. The third-order valence-corrected chi connectivity index (χ3v) is 33.9. The highest BCUT2D eigenvalue weighted by molar-refractivity contribution is 6.39. The van der Waals surface area contributed by atoms with Gasteiger partial charge in [0, 0.05) is 205 Å². The van der Waals surface area contributed by atoms with Gasteiger partial charge in [-0.2, -0.15) is 0 Å². The van der Waals surface area contributed by atoms with Crippen LogP contribution in [0, 0.1) is 44.2 Å². The molecule has 13 aromatic rings. The molecule has 29 heteroatoms. The Labute approximate surface area is 952 Å². The highest BCUT2D eigenvalue weighted by atomic mass is 35.5. The zero-order valence-electron chi connectivity index (χ0n) is 83.6. The highest BCUT2D eigenvalue weighted by Gasteiger charge is 2.40. The number of carbonyl (C=O) groups is 1. The monoisotopic (exact) mass is 2300 g/mol. The lowest BCUT2D eigenvalue weighted by Gasteiger charge is -2.47. The average molecular weight is 2300 g/mol. The molecule has 8 fully saturated rings. The average Bonchev–Trinajstić information content (AvgIpc) is 0.824. The van der Waals surface area contributed by atoms with Crippen molar-refractivity contribution in [2.75, 3.05) is 149 Å².